The third kappa shape index (κ3) is 4.18. The van der Waals surface area contributed by atoms with Crippen LogP contribution in [-0.4, -0.2) is 36.0 Å². The Morgan fingerprint density at radius 3 is 2.65 bits per heavy atom. The summed E-state index contributed by atoms with van der Waals surface area (Å²) in [5.41, 5.74) is 0. The van der Waals surface area contributed by atoms with Gasteiger partial charge in [0.15, 0.2) is 0 Å². The van der Waals surface area contributed by atoms with Gasteiger partial charge in [0.1, 0.15) is 0 Å². The van der Waals surface area contributed by atoms with Gasteiger partial charge >= 0.3 is 0 Å². The second kappa shape index (κ2) is 6.10. The van der Waals surface area contributed by atoms with Gasteiger partial charge in [0.25, 0.3) is 0 Å². The molecule has 2 fully saturated rings. The largest absolute Gasteiger partial charge is 0.353 e. The average molecular weight is 256 g/mol. The zero-order valence-corrected chi connectivity index (χ0v) is 11.6. The van der Waals surface area contributed by atoms with Crippen LogP contribution in [0.3, 0.4) is 0 Å². The van der Waals surface area contributed by atoms with Gasteiger partial charge in [-0.25, -0.2) is 0 Å². The Morgan fingerprint density at radius 1 is 1.35 bits per heavy atom. The van der Waals surface area contributed by atoms with E-state index >= 15 is 0 Å². The van der Waals surface area contributed by atoms with Crippen molar-refractivity contribution >= 4 is 17.7 Å². The average Bonchev–Trinajstić information content (AvgIpc) is 3.01. The predicted molar refractivity (Wildman–Crippen MR) is 73.4 cm³/mol. The normalized spacial score (nSPS) is 22.6. The first-order valence-electron chi connectivity index (χ1n) is 6.79. The summed E-state index contributed by atoms with van der Waals surface area (Å²) >= 11 is 2.00. The maximum atomic E-state index is 11.5. The zero-order chi connectivity index (χ0) is 12.1. The first-order chi connectivity index (χ1) is 8.24. The van der Waals surface area contributed by atoms with Crippen LogP contribution in [0, 0.1) is 0 Å². The maximum absolute atomic E-state index is 11.5. The minimum Gasteiger partial charge on any atom is -0.353 e. The van der Waals surface area contributed by atoms with Gasteiger partial charge in [-0.1, -0.05) is 12.8 Å². The second-order valence-electron chi connectivity index (χ2n) is 5.36. The van der Waals surface area contributed by atoms with E-state index in [-0.39, 0.29) is 5.91 Å². The summed E-state index contributed by atoms with van der Waals surface area (Å²) in [6.07, 6.45) is 10.6. The number of hydrogen-bond acceptors (Lipinski definition) is 3. The van der Waals surface area contributed by atoms with Crippen molar-refractivity contribution in [1.29, 1.82) is 0 Å². The second-order valence-corrected chi connectivity index (χ2v) is 6.64. The minimum absolute atomic E-state index is 0.213. The maximum Gasteiger partial charge on any atom is 0.221 e. The van der Waals surface area contributed by atoms with Gasteiger partial charge in [-0.3, -0.25) is 4.79 Å². The molecule has 2 N–H and O–H groups in total. The fourth-order valence-electron chi connectivity index (χ4n) is 2.52. The molecule has 0 aromatic rings. The van der Waals surface area contributed by atoms with E-state index in [4.69, 9.17) is 0 Å². The van der Waals surface area contributed by atoms with Crippen LogP contribution < -0.4 is 10.6 Å². The van der Waals surface area contributed by atoms with E-state index in [0.717, 1.165) is 13.1 Å². The molecular weight excluding hydrogens is 232 g/mol. The van der Waals surface area contributed by atoms with Gasteiger partial charge in [-0.2, -0.15) is 11.8 Å². The molecule has 0 unspecified atom stereocenters. The van der Waals surface area contributed by atoms with E-state index in [1.54, 1.807) is 0 Å². The molecule has 4 heteroatoms. The predicted octanol–water partition coefficient (Wildman–Crippen LogP) is 1.92. The summed E-state index contributed by atoms with van der Waals surface area (Å²) in [6.45, 7) is 1.88. The highest BCUT2D eigenvalue weighted by Gasteiger charge is 2.32. The molecule has 3 nitrogen and oxygen atoms in total. The quantitative estimate of drug-likeness (QED) is 0.684. The van der Waals surface area contributed by atoms with Crippen molar-refractivity contribution in [3.05, 3.63) is 0 Å². The summed E-state index contributed by atoms with van der Waals surface area (Å²) in [5.74, 6) is 0.213. The number of amides is 1. The van der Waals surface area contributed by atoms with Crippen molar-refractivity contribution in [2.45, 2.75) is 55.7 Å². The Labute approximate surface area is 108 Å². The van der Waals surface area contributed by atoms with Crippen LogP contribution >= 0.6 is 11.8 Å². The fourth-order valence-corrected chi connectivity index (χ4v) is 3.46. The number of carbonyl (C=O) groups excluding carboxylic acids is 1. The first-order valence-corrected chi connectivity index (χ1v) is 8.02. The van der Waals surface area contributed by atoms with Crippen LogP contribution in [-0.2, 0) is 4.79 Å². The van der Waals surface area contributed by atoms with Crippen LogP contribution in [0.15, 0.2) is 0 Å². The third-order valence-electron chi connectivity index (χ3n) is 3.87. The van der Waals surface area contributed by atoms with Crippen LogP contribution in [0.2, 0.25) is 0 Å². The molecule has 0 aromatic heterocycles. The van der Waals surface area contributed by atoms with Gasteiger partial charge in [0.05, 0.1) is 0 Å². The Bertz CT molecular complexity index is 260. The lowest BCUT2D eigenvalue weighted by atomic mass is 10.1. The van der Waals surface area contributed by atoms with E-state index in [9.17, 15) is 4.79 Å². The van der Waals surface area contributed by atoms with Crippen LogP contribution in [0.1, 0.15) is 44.9 Å². The van der Waals surface area contributed by atoms with Crippen molar-refractivity contribution in [2.75, 3.05) is 19.3 Å². The number of thioether (sulfide) groups is 1. The molecule has 0 aromatic carbocycles. The Hall–Kier alpha value is -0.220. The molecule has 1 amide bonds. The number of rotatable bonds is 7. The number of nitrogens with one attached hydrogen (secondary N) is 2. The lowest BCUT2D eigenvalue weighted by molar-refractivity contribution is -0.121. The molecule has 0 radical (unpaired) electrons. The smallest absolute Gasteiger partial charge is 0.221 e. The van der Waals surface area contributed by atoms with E-state index in [1.807, 2.05) is 11.8 Å². The summed E-state index contributed by atoms with van der Waals surface area (Å²) in [5, 5.41) is 6.48. The molecule has 0 aliphatic heterocycles. The standard InChI is InChI=1S/C13H24N2OS/c1-17-13(7-2-3-8-13)10-14-9-6-12(16)15-11-4-5-11/h11,14H,2-10H2,1H3,(H,15,16). The SMILES string of the molecule is CSC1(CNCCC(=O)NC2CC2)CCCC1. The molecule has 17 heavy (non-hydrogen) atoms. The molecule has 2 aliphatic rings. The van der Waals surface area contributed by atoms with Gasteiger partial charge in [0, 0.05) is 30.3 Å². The van der Waals surface area contributed by atoms with E-state index in [0.29, 0.717) is 17.2 Å². The van der Waals surface area contributed by atoms with Crippen molar-refractivity contribution in [3.8, 4) is 0 Å². The Morgan fingerprint density at radius 2 is 2.06 bits per heavy atom. The van der Waals surface area contributed by atoms with Gasteiger partial charge in [-0.15, -0.1) is 0 Å². The molecule has 0 saturated heterocycles. The van der Waals surface area contributed by atoms with Gasteiger partial charge in [-0.05, 0) is 31.9 Å². The van der Waals surface area contributed by atoms with Gasteiger partial charge in [0.2, 0.25) is 5.91 Å². The molecule has 2 aliphatic carbocycles. The number of hydrogen-bond donors (Lipinski definition) is 2. The van der Waals surface area contributed by atoms with Crippen molar-refractivity contribution in [1.82, 2.24) is 10.6 Å². The van der Waals surface area contributed by atoms with E-state index in [1.165, 1.54) is 38.5 Å². The monoisotopic (exact) mass is 256 g/mol. The molecule has 0 heterocycles. The summed E-state index contributed by atoms with van der Waals surface area (Å²) in [7, 11) is 0. The van der Waals surface area contributed by atoms with Crippen molar-refractivity contribution in [2.24, 2.45) is 0 Å². The molecule has 0 spiro atoms. The Balaban J connectivity index is 1.56. The number of carbonyl (C=O) groups is 1. The highest BCUT2D eigenvalue weighted by Crippen LogP contribution is 2.39. The molecule has 0 atom stereocenters. The van der Waals surface area contributed by atoms with Crippen LogP contribution in [0.4, 0.5) is 0 Å². The lowest BCUT2D eigenvalue weighted by Crippen LogP contribution is -2.37. The molecule has 98 valence electrons. The molecular formula is C13H24N2OS. The third-order valence-corrected chi connectivity index (χ3v) is 5.28. The molecule has 0 bridgehead atoms. The van der Waals surface area contributed by atoms with Gasteiger partial charge < -0.3 is 10.6 Å². The topological polar surface area (TPSA) is 41.1 Å². The highest BCUT2D eigenvalue weighted by atomic mass is 32.2. The molecule has 2 saturated carbocycles. The summed E-state index contributed by atoms with van der Waals surface area (Å²) in [6, 6.07) is 0.495. The van der Waals surface area contributed by atoms with Crippen LogP contribution in [0.25, 0.3) is 0 Å². The highest BCUT2D eigenvalue weighted by molar-refractivity contribution is 8.00. The lowest BCUT2D eigenvalue weighted by Gasteiger charge is -2.27. The Kier molecular flexibility index (Phi) is 4.74. The summed E-state index contributed by atoms with van der Waals surface area (Å²) in [4.78, 5) is 11.5. The van der Waals surface area contributed by atoms with Crippen molar-refractivity contribution < 1.29 is 4.79 Å². The molecule has 2 rings (SSSR count). The van der Waals surface area contributed by atoms with Crippen molar-refractivity contribution in [3.63, 3.8) is 0 Å². The fraction of sp³-hybridized carbons (Fsp3) is 0.923. The minimum atomic E-state index is 0.213. The van der Waals surface area contributed by atoms with E-state index < -0.39 is 0 Å². The summed E-state index contributed by atoms with van der Waals surface area (Å²) < 4.78 is 0.451. The van der Waals surface area contributed by atoms with Crippen LogP contribution in [0.5, 0.6) is 0 Å². The van der Waals surface area contributed by atoms with E-state index in [2.05, 4.69) is 16.9 Å². The zero-order valence-electron chi connectivity index (χ0n) is 10.8. The first kappa shape index (κ1) is 13.2.